The minimum atomic E-state index is 0.750. The average molecular weight is 102 g/mol. The second kappa shape index (κ2) is 17.3. The minimum absolute atomic E-state index is 0.750. The van der Waals surface area contributed by atoms with Gasteiger partial charge in [0.25, 0.3) is 0 Å². The molecule has 7 heavy (non-hydrogen) atoms. The minimum Gasteiger partial charge on any atom is -0.304 e. The number of carbonyl (C=O) groups is 1. The summed E-state index contributed by atoms with van der Waals surface area (Å²) < 4.78 is 0. The van der Waals surface area contributed by atoms with Gasteiger partial charge in [-0.3, -0.25) is 0 Å². The lowest BCUT2D eigenvalue weighted by Crippen LogP contribution is -1.47. The van der Waals surface area contributed by atoms with E-state index in [9.17, 15) is 0 Å². The molecule has 0 amide bonds. The van der Waals surface area contributed by atoms with Gasteiger partial charge in [-0.25, -0.2) is 0 Å². The Morgan fingerprint density at radius 1 is 1.29 bits per heavy atom. The lowest BCUT2D eigenvalue weighted by atomic mass is 10.4. The predicted molar refractivity (Wildman–Crippen MR) is 32.3 cm³/mol. The number of hydrogen-bond donors (Lipinski definition) is 0. The van der Waals surface area contributed by atoms with Gasteiger partial charge in [-0.15, -0.1) is 0 Å². The van der Waals surface area contributed by atoms with Crippen molar-refractivity contribution >= 4 is 6.29 Å². The van der Waals surface area contributed by atoms with E-state index in [1.807, 2.05) is 0 Å². The summed E-state index contributed by atoms with van der Waals surface area (Å²) in [5, 5.41) is 0. The zero-order valence-corrected chi connectivity index (χ0v) is 5.40. The highest BCUT2D eigenvalue weighted by molar-refractivity contribution is 5.44. The number of unbranched alkanes of at least 4 members (excludes halogenated alkanes) is 1. The summed E-state index contributed by atoms with van der Waals surface area (Å²) in [4.78, 5) is 8.81. The summed E-state index contributed by atoms with van der Waals surface area (Å²) in [7, 11) is 0. The summed E-state index contributed by atoms with van der Waals surface area (Å²) >= 11 is 0. The van der Waals surface area contributed by atoms with Gasteiger partial charge in [0.2, 0.25) is 0 Å². The van der Waals surface area contributed by atoms with Crippen LogP contribution in [0, 0.1) is 0 Å². The topological polar surface area (TPSA) is 17.1 Å². The largest absolute Gasteiger partial charge is 0.304 e. The molecular weight excluding hydrogens is 88.1 g/mol. The van der Waals surface area contributed by atoms with Crippen LogP contribution in [-0.2, 0) is 4.79 Å². The molecule has 0 aliphatic carbocycles. The van der Waals surface area contributed by atoms with Crippen molar-refractivity contribution < 1.29 is 4.79 Å². The van der Waals surface area contributed by atoms with Gasteiger partial charge in [-0.2, -0.15) is 0 Å². The lowest BCUT2D eigenvalue weighted by Gasteiger charge is -1.68. The Balaban J connectivity index is 0. The van der Waals surface area contributed by atoms with Crippen LogP contribution in [0.2, 0.25) is 0 Å². The molecule has 0 spiro atoms. The fourth-order valence-electron chi connectivity index (χ4n) is 0. The summed E-state index contributed by atoms with van der Waals surface area (Å²) in [5.74, 6) is 0. The van der Waals surface area contributed by atoms with Gasteiger partial charge in [0, 0.05) is 0 Å². The summed E-state index contributed by atoms with van der Waals surface area (Å²) in [6.45, 7) is 5.81. The molecule has 0 unspecified atom stereocenters. The number of hydrogen-bond acceptors (Lipinski definition) is 1. The standard InChI is InChI=1S/C4H10.C2H4O/c1-3-4-2;1-2-3/h3-4H2,1-2H3;2H,1H3. The van der Waals surface area contributed by atoms with Gasteiger partial charge in [0.15, 0.2) is 0 Å². The zero-order valence-electron chi connectivity index (χ0n) is 5.40. The summed E-state index contributed by atoms with van der Waals surface area (Å²) in [6.07, 6.45) is 3.39. The Bertz CT molecular complexity index is 23.4. The predicted octanol–water partition coefficient (Wildman–Crippen LogP) is 2.01. The van der Waals surface area contributed by atoms with E-state index in [4.69, 9.17) is 4.79 Å². The second-order valence-corrected chi connectivity index (χ2v) is 1.24. The van der Waals surface area contributed by atoms with Crippen LogP contribution in [0.5, 0.6) is 0 Å². The molecule has 0 rings (SSSR count). The van der Waals surface area contributed by atoms with Crippen molar-refractivity contribution in [2.75, 3.05) is 0 Å². The molecule has 1 heteroatoms. The van der Waals surface area contributed by atoms with E-state index in [1.165, 1.54) is 19.8 Å². The molecule has 0 N–H and O–H groups in total. The molecule has 0 aromatic heterocycles. The van der Waals surface area contributed by atoms with Crippen molar-refractivity contribution in [3.8, 4) is 0 Å². The molecule has 0 bridgehead atoms. The second-order valence-electron chi connectivity index (χ2n) is 1.24. The molecule has 0 saturated heterocycles. The zero-order chi connectivity index (χ0) is 6.12. The van der Waals surface area contributed by atoms with Crippen molar-refractivity contribution in [2.24, 2.45) is 0 Å². The van der Waals surface area contributed by atoms with E-state index in [2.05, 4.69) is 13.8 Å². The Hall–Kier alpha value is -0.330. The lowest BCUT2D eigenvalue weighted by molar-refractivity contribution is -0.106. The van der Waals surface area contributed by atoms with Crippen LogP contribution in [0.1, 0.15) is 33.6 Å². The highest BCUT2D eigenvalue weighted by Gasteiger charge is 1.56. The Morgan fingerprint density at radius 3 is 1.43 bits per heavy atom. The summed E-state index contributed by atoms with van der Waals surface area (Å²) in [6, 6.07) is 0. The van der Waals surface area contributed by atoms with E-state index in [0.29, 0.717) is 0 Å². The van der Waals surface area contributed by atoms with Crippen LogP contribution in [0.25, 0.3) is 0 Å². The van der Waals surface area contributed by atoms with E-state index >= 15 is 0 Å². The van der Waals surface area contributed by atoms with Crippen molar-refractivity contribution in [1.29, 1.82) is 0 Å². The van der Waals surface area contributed by atoms with Crippen LogP contribution < -0.4 is 0 Å². The monoisotopic (exact) mass is 102 g/mol. The van der Waals surface area contributed by atoms with Crippen molar-refractivity contribution in [3.63, 3.8) is 0 Å². The van der Waals surface area contributed by atoms with Gasteiger partial charge < -0.3 is 4.79 Å². The first kappa shape index (κ1) is 9.83. The van der Waals surface area contributed by atoms with Gasteiger partial charge >= 0.3 is 0 Å². The van der Waals surface area contributed by atoms with Crippen LogP contribution in [-0.4, -0.2) is 6.29 Å². The number of carbonyl (C=O) groups excluding carboxylic acids is 1. The molecule has 44 valence electrons. The van der Waals surface area contributed by atoms with Crippen LogP contribution in [0.3, 0.4) is 0 Å². The highest BCUT2D eigenvalue weighted by atomic mass is 16.1. The first-order valence-electron chi connectivity index (χ1n) is 2.73. The van der Waals surface area contributed by atoms with Crippen LogP contribution in [0.4, 0.5) is 0 Å². The van der Waals surface area contributed by atoms with Crippen LogP contribution >= 0.6 is 0 Å². The van der Waals surface area contributed by atoms with Crippen molar-refractivity contribution in [1.82, 2.24) is 0 Å². The fourth-order valence-corrected chi connectivity index (χ4v) is 0. The molecule has 0 fully saturated rings. The maximum Gasteiger partial charge on any atom is 0.116 e. The molecule has 0 radical (unpaired) electrons. The third-order valence-electron chi connectivity index (χ3n) is 0.500. The van der Waals surface area contributed by atoms with E-state index < -0.39 is 0 Å². The van der Waals surface area contributed by atoms with E-state index in [0.717, 1.165) is 6.29 Å². The summed E-state index contributed by atoms with van der Waals surface area (Å²) in [5.41, 5.74) is 0. The SMILES string of the molecule is CC=O.CCCC. The third kappa shape index (κ3) is 170. The number of rotatable bonds is 1. The Labute approximate surface area is 45.7 Å². The highest BCUT2D eigenvalue weighted by Crippen LogP contribution is 1.76. The van der Waals surface area contributed by atoms with Gasteiger partial charge in [-0.05, 0) is 6.92 Å². The molecule has 0 heterocycles. The average Bonchev–Trinajstić information content (AvgIpc) is 1.69. The Kier molecular flexibility index (Phi) is 24.4. The quantitative estimate of drug-likeness (QED) is 0.463. The molecule has 1 nitrogen and oxygen atoms in total. The smallest absolute Gasteiger partial charge is 0.116 e. The molecule has 0 aromatic carbocycles. The van der Waals surface area contributed by atoms with Gasteiger partial charge in [0.05, 0.1) is 0 Å². The molecule has 0 aliphatic rings. The normalized spacial score (nSPS) is 6.14. The number of aldehydes is 1. The van der Waals surface area contributed by atoms with Gasteiger partial charge in [0.1, 0.15) is 6.29 Å². The first-order valence-corrected chi connectivity index (χ1v) is 2.73. The maximum atomic E-state index is 8.81. The van der Waals surface area contributed by atoms with Crippen molar-refractivity contribution in [3.05, 3.63) is 0 Å². The maximum absolute atomic E-state index is 8.81. The molecule has 0 aromatic rings. The van der Waals surface area contributed by atoms with Crippen LogP contribution in [0.15, 0.2) is 0 Å². The Morgan fingerprint density at radius 2 is 1.43 bits per heavy atom. The van der Waals surface area contributed by atoms with Crippen molar-refractivity contribution in [2.45, 2.75) is 33.6 Å². The van der Waals surface area contributed by atoms with E-state index in [1.54, 1.807) is 0 Å². The third-order valence-corrected chi connectivity index (χ3v) is 0.500. The molecular formula is C6H14O. The first-order chi connectivity index (χ1) is 3.33. The molecule has 0 saturated carbocycles. The van der Waals surface area contributed by atoms with E-state index in [-0.39, 0.29) is 0 Å². The van der Waals surface area contributed by atoms with Gasteiger partial charge in [-0.1, -0.05) is 26.7 Å². The fraction of sp³-hybridized carbons (Fsp3) is 0.833. The molecule has 0 atom stereocenters. The molecule has 0 aliphatic heterocycles.